The van der Waals surface area contributed by atoms with Crippen LogP contribution < -0.4 is 10.0 Å². The number of hydrogen-bond acceptors (Lipinski definition) is 2. The van der Waals surface area contributed by atoms with Crippen LogP contribution in [0.3, 0.4) is 0 Å². The minimum Gasteiger partial charge on any atom is -0.544 e. The number of nitrogens with one attached hydrogen (secondary N) is 1. The van der Waals surface area contributed by atoms with Gasteiger partial charge >= 0.3 is 0 Å². The molecule has 0 aromatic heterocycles. The molecule has 1 N–H and O–H groups in total. The summed E-state index contributed by atoms with van der Waals surface area (Å²) in [6.45, 7) is 5.87. The fourth-order valence-electron chi connectivity index (χ4n) is 2.72. The Kier molecular flexibility index (Phi) is 6.36. The highest BCUT2D eigenvalue weighted by Crippen LogP contribution is 2.14. The highest BCUT2D eigenvalue weighted by Gasteiger charge is 2.11. The Morgan fingerprint density at radius 3 is 2.22 bits per heavy atom. The first-order chi connectivity index (χ1) is 11.0. The second-order valence-corrected chi connectivity index (χ2v) is 6.36. The largest absolute Gasteiger partial charge is 0.544 e. The van der Waals surface area contributed by atoms with Crippen molar-refractivity contribution in [2.24, 2.45) is 0 Å². The third-order valence-corrected chi connectivity index (χ3v) is 4.10. The molecule has 122 valence electrons. The summed E-state index contributed by atoms with van der Waals surface area (Å²) in [5.74, 6) is -0.485. The molecule has 2 aromatic carbocycles. The molecule has 0 aliphatic rings. The van der Waals surface area contributed by atoms with Crippen LogP contribution in [0, 0.1) is 0 Å². The Morgan fingerprint density at radius 2 is 1.65 bits per heavy atom. The number of carboxylic acids is 1. The molecule has 0 saturated heterocycles. The first-order valence-corrected chi connectivity index (χ1v) is 8.20. The summed E-state index contributed by atoms with van der Waals surface area (Å²) in [7, 11) is 0. The summed E-state index contributed by atoms with van der Waals surface area (Å²) < 4.78 is 0. The Balaban J connectivity index is 1.98. The van der Waals surface area contributed by atoms with E-state index >= 15 is 0 Å². The molecule has 0 amide bonds. The number of aliphatic carboxylic acids is 1. The van der Waals surface area contributed by atoms with Crippen molar-refractivity contribution in [2.45, 2.75) is 32.7 Å². The average Bonchev–Trinajstić information content (AvgIpc) is 2.53. The van der Waals surface area contributed by atoms with E-state index in [1.807, 2.05) is 18.2 Å². The lowest BCUT2D eigenvalue weighted by molar-refractivity contribution is -0.908. The molecule has 23 heavy (non-hydrogen) atoms. The number of benzene rings is 2. The van der Waals surface area contributed by atoms with E-state index in [-0.39, 0.29) is 6.54 Å². The van der Waals surface area contributed by atoms with Gasteiger partial charge in [-0.25, -0.2) is 0 Å². The number of rotatable bonds is 8. The molecule has 3 nitrogen and oxygen atoms in total. The van der Waals surface area contributed by atoms with Crippen molar-refractivity contribution in [1.29, 1.82) is 0 Å². The third kappa shape index (κ3) is 5.87. The molecule has 1 unspecified atom stereocenters. The lowest BCUT2D eigenvalue weighted by atomic mass is 10.0. The second kappa shape index (κ2) is 8.49. The molecule has 0 aliphatic carbocycles. The molecule has 2 aromatic rings. The molecule has 0 saturated carbocycles. The van der Waals surface area contributed by atoms with Crippen LogP contribution in [0.25, 0.3) is 0 Å². The zero-order valence-corrected chi connectivity index (χ0v) is 13.9. The first-order valence-electron chi connectivity index (χ1n) is 8.20. The molecule has 0 radical (unpaired) electrons. The van der Waals surface area contributed by atoms with Gasteiger partial charge in [-0.3, -0.25) is 0 Å². The molecule has 0 fully saturated rings. The molecule has 0 bridgehead atoms. The van der Waals surface area contributed by atoms with Crippen molar-refractivity contribution in [3.63, 3.8) is 0 Å². The monoisotopic (exact) mass is 311 g/mol. The highest BCUT2D eigenvalue weighted by molar-refractivity contribution is 5.65. The molecular weight excluding hydrogens is 286 g/mol. The van der Waals surface area contributed by atoms with Crippen LogP contribution in [-0.2, 0) is 17.8 Å². The maximum Gasteiger partial charge on any atom is 0.118 e. The van der Waals surface area contributed by atoms with Gasteiger partial charge in [0.2, 0.25) is 0 Å². The van der Waals surface area contributed by atoms with Crippen LogP contribution in [0.4, 0.5) is 0 Å². The standard InChI is InChI=1S/C20H25NO2/c1-16(2)19-10-8-18(9-11-19)14-21(15-20(22)23)13-12-17-6-4-3-5-7-17/h3-11,16H,12-15H2,1-2H3,(H,22,23). The van der Waals surface area contributed by atoms with Crippen LogP contribution in [0.2, 0.25) is 0 Å². The van der Waals surface area contributed by atoms with E-state index in [9.17, 15) is 9.90 Å². The third-order valence-electron chi connectivity index (χ3n) is 4.10. The minimum absolute atomic E-state index is 0.0404. The van der Waals surface area contributed by atoms with Crippen molar-refractivity contribution < 1.29 is 14.8 Å². The molecule has 0 spiro atoms. The Bertz CT molecular complexity index is 605. The number of quaternary nitrogens is 1. The van der Waals surface area contributed by atoms with Crippen molar-refractivity contribution in [3.05, 3.63) is 71.3 Å². The lowest BCUT2D eigenvalue weighted by Gasteiger charge is -2.20. The topological polar surface area (TPSA) is 44.6 Å². The first kappa shape index (κ1) is 17.2. The van der Waals surface area contributed by atoms with Gasteiger partial charge < -0.3 is 14.8 Å². The molecule has 0 aliphatic heterocycles. The normalized spacial score (nSPS) is 12.3. The van der Waals surface area contributed by atoms with Gasteiger partial charge in [-0.05, 0) is 17.0 Å². The van der Waals surface area contributed by atoms with Gasteiger partial charge in [0.15, 0.2) is 0 Å². The van der Waals surface area contributed by atoms with Crippen LogP contribution in [0.15, 0.2) is 54.6 Å². The Hall–Kier alpha value is -2.13. The van der Waals surface area contributed by atoms with E-state index in [1.165, 1.54) is 16.7 Å². The fraction of sp³-hybridized carbons (Fsp3) is 0.350. The summed E-state index contributed by atoms with van der Waals surface area (Å²) in [6.07, 6.45) is 0.869. The number of carbonyl (C=O) groups excluding carboxylic acids is 1. The summed E-state index contributed by atoms with van der Waals surface area (Å²) in [5, 5.41) is 11.0. The van der Waals surface area contributed by atoms with Gasteiger partial charge in [0.25, 0.3) is 0 Å². The predicted octanol–water partition coefficient (Wildman–Crippen LogP) is 1.19. The number of carboxylic acid groups (broad SMARTS) is 1. The van der Waals surface area contributed by atoms with Gasteiger partial charge in [0.1, 0.15) is 13.1 Å². The van der Waals surface area contributed by atoms with Gasteiger partial charge in [0, 0.05) is 12.0 Å². The molecule has 0 heterocycles. The molecule has 2 rings (SSSR count). The van der Waals surface area contributed by atoms with Crippen molar-refractivity contribution >= 4 is 5.97 Å². The maximum absolute atomic E-state index is 11.0. The fourth-order valence-corrected chi connectivity index (χ4v) is 2.72. The van der Waals surface area contributed by atoms with E-state index < -0.39 is 5.97 Å². The van der Waals surface area contributed by atoms with Gasteiger partial charge in [-0.15, -0.1) is 0 Å². The molecular formula is C20H25NO2. The summed E-state index contributed by atoms with van der Waals surface area (Å²) in [6, 6.07) is 18.6. The minimum atomic E-state index is -0.994. The summed E-state index contributed by atoms with van der Waals surface area (Å²) in [4.78, 5) is 12.0. The van der Waals surface area contributed by atoms with E-state index in [1.54, 1.807) is 0 Å². The van der Waals surface area contributed by atoms with Crippen molar-refractivity contribution in [3.8, 4) is 0 Å². The number of carbonyl (C=O) groups is 1. The van der Waals surface area contributed by atoms with Gasteiger partial charge in [-0.1, -0.05) is 68.4 Å². The Morgan fingerprint density at radius 1 is 1.00 bits per heavy atom. The van der Waals surface area contributed by atoms with Crippen LogP contribution in [0.1, 0.15) is 36.5 Å². The van der Waals surface area contributed by atoms with E-state index in [2.05, 4.69) is 50.2 Å². The average molecular weight is 311 g/mol. The summed E-state index contributed by atoms with van der Waals surface area (Å²) in [5.41, 5.74) is 3.71. The van der Waals surface area contributed by atoms with Crippen molar-refractivity contribution in [2.75, 3.05) is 13.1 Å². The zero-order valence-electron chi connectivity index (χ0n) is 13.9. The molecule has 3 heteroatoms. The maximum atomic E-state index is 11.0. The molecule has 1 atom stereocenters. The number of hydrogen-bond donors (Lipinski definition) is 1. The van der Waals surface area contributed by atoms with E-state index in [0.29, 0.717) is 12.5 Å². The SMILES string of the molecule is CC(C)c1ccc(C[NH+](CCc2ccccc2)CC(=O)[O-])cc1. The smallest absolute Gasteiger partial charge is 0.118 e. The quantitative estimate of drug-likeness (QED) is 0.796. The highest BCUT2D eigenvalue weighted by atomic mass is 16.4. The summed E-state index contributed by atoms with van der Waals surface area (Å²) >= 11 is 0. The Labute approximate surface area is 138 Å². The zero-order chi connectivity index (χ0) is 16.7. The predicted molar refractivity (Wildman–Crippen MR) is 90.1 cm³/mol. The van der Waals surface area contributed by atoms with Crippen LogP contribution in [0.5, 0.6) is 0 Å². The van der Waals surface area contributed by atoms with Crippen LogP contribution >= 0.6 is 0 Å². The van der Waals surface area contributed by atoms with Crippen molar-refractivity contribution in [1.82, 2.24) is 0 Å². The van der Waals surface area contributed by atoms with E-state index in [0.717, 1.165) is 17.9 Å². The lowest BCUT2D eigenvalue weighted by Crippen LogP contribution is -3.12. The second-order valence-electron chi connectivity index (χ2n) is 6.36. The van der Waals surface area contributed by atoms with E-state index in [4.69, 9.17) is 0 Å². The van der Waals surface area contributed by atoms with Gasteiger partial charge in [0.05, 0.1) is 12.5 Å². The van der Waals surface area contributed by atoms with Crippen LogP contribution in [-0.4, -0.2) is 19.1 Å². The van der Waals surface area contributed by atoms with Gasteiger partial charge in [-0.2, -0.15) is 0 Å².